The first-order valence-electron chi connectivity index (χ1n) is 5.93. The van der Waals surface area contributed by atoms with Gasteiger partial charge in [-0.05, 0) is 18.2 Å². The Kier molecular flexibility index (Phi) is 4.85. The molecule has 2 aromatic rings. The first-order chi connectivity index (χ1) is 10.4. The smallest absolute Gasteiger partial charge is 0.345 e. The highest BCUT2D eigenvalue weighted by atomic mass is 35.5. The van der Waals surface area contributed by atoms with E-state index in [1.165, 1.54) is 37.6 Å². The number of primary amides is 1. The van der Waals surface area contributed by atoms with E-state index in [4.69, 9.17) is 38.4 Å². The zero-order chi connectivity index (χ0) is 16.3. The zero-order valence-electron chi connectivity index (χ0n) is 11.3. The van der Waals surface area contributed by atoms with E-state index < -0.39 is 11.9 Å². The zero-order valence-corrected chi connectivity index (χ0v) is 12.8. The molecule has 1 amide bonds. The van der Waals surface area contributed by atoms with Crippen molar-refractivity contribution in [3.8, 4) is 11.5 Å². The average Bonchev–Trinajstić information content (AvgIpc) is 2.49. The van der Waals surface area contributed by atoms with E-state index in [9.17, 15) is 9.59 Å². The Labute approximate surface area is 135 Å². The van der Waals surface area contributed by atoms with Crippen molar-refractivity contribution in [1.82, 2.24) is 4.98 Å². The molecule has 2 N–H and O–H groups in total. The number of halogens is 2. The van der Waals surface area contributed by atoms with Crippen LogP contribution in [0.3, 0.4) is 0 Å². The summed E-state index contributed by atoms with van der Waals surface area (Å²) in [4.78, 5) is 27.2. The van der Waals surface area contributed by atoms with E-state index in [2.05, 4.69) is 4.98 Å². The van der Waals surface area contributed by atoms with Crippen LogP contribution >= 0.6 is 23.2 Å². The van der Waals surface area contributed by atoms with Gasteiger partial charge in [0, 0.05) is 12.3 Å². The largest absolute Gasteiger partial charge is 0.497 e. The van der Waals surface area contributed by atoms with Gasteiger partial charge in [0.05, 0.1) is 23.3 Å². The van der Waals surface area contributed by atoms with Crippen LogP contribution in [0.2, 0.25) is 10.2 Å². The number of amides is 1. The number of nitrogens with two attached hydrogens (primary N) is 1. The molecular weight excluding hydrogens is 331 g/mol. The van der Waals surface area contributed by atoms with Gasteiger partial charge in [0.25, 0.3) is 5.91 Å². The number of carbonyl (C=O) groups is 2. The van der Waals surface area contributed by atoms with E-state index in [1.807, 2.05) is 0 Å². The van der Waals surface area contributed by atoms with Gasteiger partial charge in [-0.2, -0.15) is 0 Å². The number of benzene rings is 1. The Morgan fingerprint density at radius 1 is 1.23 bits per heavy atom. The van der Waals surface area contributed by atoms with Crippen molar-refractivity contribution < 1.29 is 19.1 Å². The highest BCUT2D eigenvalue weighted by Crippen LogP contribution is 2.26. The van der Waals surface area contributed by atoms with Crippen LogP contribution in [0.1, 0.15) is 20.7 Å². The van der Waals surface area contributed by atoms with Gasteiger partial charge >= 0.3 is 5.97 Å². The molecule has 114 valence electrons. The fraction of sp³-hybridized carbons (Fsp3) is 0.0714. The summed E-state index contributed by atoms with van der Waals surface area (Å²) in [7, 11) is 1.44. The fourth-order valence-electron chi connectivity index (χ4n) is 1.61. The molecule has 0 aliphatic rings. The lowest BCUT2D eigenvalue weighted by Crippen LogP contribution is -2.16. The Bertz CT molecular complexity index is 750. The van der Waals surface area contributed by atoms with Gasteiger partial charge in [-0.1, -0.05) is 23.2 Å². The molecule has 0 spiro atoms. The van der Waals surface area contributed by atoms with Crippen LogP contribution in [-0.4, -0.2) is 24.0 Å². The molecule has 0 saturated carbocycles. The van der Waals surface area contributed by atoms with Gasteiger partial charge in [0.2, 0.25) is 0 Å². The number of ether oxygens (including phenoxy) is 2. The molecule has 2 rings (SSSR count). The number of rotatable bonds is 4. The Morgan fingerprint density at radius 3 is 2.55 bits per heavy atom. The maximum atomic E-state index is 12.1. The number of esters is 1. The van der Waals surface area contributed by atoms with Crippen molar-refractivity contribution in [2.24, 2.45) is 5.73 Å². The lowest BCUT2D eigenvalue weighted by Gasteiger charge is -2.10. The number of methoxy groups -OCH3 is 1. The number of pyridine rings is 1. The highest BCUT2D eigenvalue weighted by Gasteiger charge is 2.17. The third-order valence-corrected chi connectivity index (χ3v) is 3.37. The molecule has 0 atom stereocenters. The second-order valence-corrected chi connectivity index (χ2v) is 4.88. The van der Waals surface area contributed by atoms with Crippen LogP contribution in [0.15, 0.2) is 30.5 Å². The maximum Gasteiger partial charge on any atom is 0.345 e. The lowest BCUT2D eigenvalue weighted by atomic mass is 10.2. The number of aromatic nitrogens is 1. The van der Waals surface area contributed by atoms with Gasteiger partial charge in [0.15, 0.2) is 0 Å². The van der Waals surface area contributed by atoms with Gasteiger partial charge in [-0.25, -0.2) is 9.78 Å². The summed E-state index contributed by atoms with van der Waals surface area (Å²) < 4.78 is 10.2. The lowest BCUT2D eigenvalue weighted by molar-refractivity contribution is 0.0732. The third kappa shape index (κ3) is 3.47. The SMILES string of the molecule is COc1ccc(C(N)=O)c(OC(=O)c2cnc(Cl)c(Cl)c2)c1. The molecule has 6 nitrogen and oxygen atoms in total. The predicted molar refractivity (Wildman–Crippen MR) is 80.7 cm³/mol. The summed E-state index contributed by atoms with van der Waals surface area (Å²) >= 11 is 11.5. The molecule has 1 aromatic heterocycles. The van der Waals surface area contributed by atoms with Crippen molar-refractivity contribution in [3.05, 3.63) is 51.8 Å². The first kappa shape index (κ1) is 16.1. The standard InChI is InChI=1S/C14H10Cl2N2O4/c1-21-8-2-3-9(13(17)19)11(5-8)22-14(20)7-4-10(15)12(16)18-6-7/h2-6H,1H3,(H2,17,19). The summed E-state index contributed by atoms with van der Waals surface area (Å²) in [6, 6.07) is 5.61. The minimum atomic E-state index is -0.762. The molecular formula is C14H10Cl2N2O4. The summed E-state index contributed by atoms with van der Waals surface area (Å²) in [6.45, 7) is 0. The van der Waals surface area contributed by atoms with Crippen LogP contribution in [-0.2, 0) is 0 Å². The van der Waals surface area contributed by atoms with Crippen LogP contribution in [0.4, 0.5) is 0 Å². The van der Waals surface area contributed by atoms with Gasteiger partial charge in [0.1, 0.15) is 16.7 Å². The molecule has 0 aliphatic heterocycles. The monoisotopic (exact) mass is 340 g/mol. The normalized spacial score (nSPS) is 10.1. The summed E-state index contributed by atoms with van der Waals surface area (Å²) in [5.41, 5.74) is 5.36. The van der Waals surface area contributed by atoms with E-state index in [0.717, 1.165) is 0 Å². The quantitative estimate of drug-likeness (QED) is 0.524. The molecule has 8 heteroatoms. The topological polar surface area (TPSA) is 91.5 Å². The minimum Gasteiger partial charge on any atom is -0.497 e. The molecule has 0 unspecified atom stereocenters. The Morgan fingerprint density at radius 2 is 1.95 bits per heavy atom. The summed E-state index contributed by atoms with van der Waals surface area (Å²) in [5.74, 6) is -1.12. The van der Waals surface area contributed by atoms with Crippen molar-refractivity contribution in [2.45, 2.75) is 0 Å². The van der Waals surface area contributed by atoms with Crippen molar-refractivity contribution >= 4 is 35.1 Å². The Hall–Kier alpha value is -2.31. The highest BCUT2D eigenvalue weighted by molar-refractivity contribution is 6.41. The molecule has 1 heterocycles. The van der Waals surface area contributed by atoms with Crippen LogP contribution < -0.4 is 15.2 Å². The second-order valence-electron chi connectivity index (χ2n) is 4.11. The number of hydrogen-bond acceptors (Lipinski definition) is 5. The first-order valence-corrected chi connectivity index (χ1v) is 6.69. The van der Waals surface area contributed by atoms with Crippen molar-refractivity contribution in [2.75, 3.05) is 7.11 Å². The van der Waals surface area contributed by atoms with E-state index in [1.54, 1.807) is 0 Å². The van der Waals surface area contributed by atoms with E-state index >= 15 is 0 Å². The second kappa shape index (κ2) is 6.64. The van der Waals surface area contributed by atoms with Gasteiger partial charge < -0.3 is 15.2 Å². The van der Waals surface area contributed by atoms with Crippen LogP contribution in [0.25, 0.3) is 0 Å². The molecule has 22 heavy (non-hydrogen) atoms. The molecule has 1 aromatic carbocycles. The molecule has 0 bridgehead atoms. The average molecular weight is 341 g/mol. The third-order valence-electron chi connectivity index (χ3n) is 2.69. The predicted octanol–water partition coefficient (Wildman–Crippen LogP) is 2.72. The number of nitrogens with zero attached hydrogens (tertiary/aromatic N) is 1. The van der Waals surface area contributed by atoms with Crippen molar-refractivity contribution in [3.63, 3.8) is 0 Å². The Balaban J connectivity index is 2.34. The molecule has 0 fully saturated rings. The fourth-order valence-corrected chi connectivity index (χ4v) is 1.88. The molecule has 0 saturated heterocycles. The summed E-state index contributed by atoms with van der Waals surface area (Å²) in [5, 5.41) is 0.175. The summed E-state index contributed by atoms with van der Waals surface area (Å²) in [6.07, 6.45) is 1.21. The van der Waals surface area contributed by atoms with E-state index in [-0.39, 0.29) is 27.1 Å². The molecule has 0 aliphatic carbocycles. The minimum absolute atomic E-state index is 0.0251. The van der Waals surface area contributed by atoms with Crippen LogP contribution in [0, 0.1) is 0 Å². The number of hydrogen-bond donors (Lipinski definition) is 1. The van der Waals surface area contributed by atoms with Gasteiger partial charge in [-0.15, -0.1) is 0 Å². The van der Waals surface area contributed by atoms with Gasteiger partial charge in [-0.3, -0.25) is 4.79 Å². The number of carbonyl (C=O) groups excluding carboxylic acids is 2. The molecule has 0 radical (unpaired) electrons. The van der Waals surface area contributed by atoms with Crippen molar-refractivity contribution in [1.29, 1.82) is 0 Å². The van der Waals surface area contributed by atoms with Crippen LogP contribution in [0.5, 0.6) is 11.5 Å². The maximum absolute atomic E-state index is 12.1. The van der Waals surface area contributed by atoms with E-state index in [0.29, 0.717) is 5.75 Å².